The van der Waals surface area contributed by atoms with Crippen LogP contribution in [0.15, 0.2) is 35.9 Å². The number of ether oxygens (including phenoxy) is 2. The van der Waals surface area contributed by atoms with Gasteiger partial charge < -0.3 is 9.47 Å². The first kappa shape index (κ1) is 32.6. The fourth-order valence-electron chi connectivity index (χ4n) is 10.1. The van der Waals surface area contributed by atoms with Crippen LogP contribution in [0.25, 0.3) is 0 Å². The van der Waals surface area contributed by atoms with E-state index in [9.17, 15) is 4.79 Å². The van der Waals surface area contributed by atoms with E-state index in [-0.39, 0.29) is 0 Å². The Hall–Kier alpha value is -1.81. The van der Waals surface area contributed by atoms with E-state index in [4.69, 9.17) is 9.47 Å². The molecule has 4 aliphatic rings. The zero-order chi connectivity index (χ0) is 31.0. The summed E-state index contributed by atoms with van der Waals surface area (Å²) >= 11 is 0. The van der Waals surface area contributed by atoms with E-state index in [1.165, 1.54) is 57.8 Å². The van der Waals surface area contributed by atoms with Crippen molar-refractivity contribution in [1.82, 2.24) is 0 Å². The largest absolute Gasteiger partial charge is 0.444 e. The Balaban J connectivity index is 1.15. The van der Waals surface area contributed by atoms with Crippen molar-refractivity contribution in [1.29, 1.82) is 0 Å². The molecule has 1 aromatic carbocycles. The topological polar surface area (TPSA) is 47.6 Å². The van der Waals surface area contributed by atoms with Gasteiger partial charge in [0.25, 0.3) is 0 Å². The normalized spacial score (nSPS) is 34.5. The maximum atomic E-state index is 12.1. The van der Waals surface area contributed by atoms with Gasteiger partial charge in [0.15, 0.2) is 0 Å². The lowest BCUT2D eigenvalue weighted by Gasteiger charge is -2.58. The summed E-state index contributed by atoms with van der Waals surface area (Å²) in [5, 5.41) is 2.82. The lowest BCUT2D eigenvalue weighted by Crippen LogP contribution is -2.51. The fraction of sp³-hybridized carbons (Fsp3) is 0.769. The van der Waals surface area contributed by atoms with Gasteiger partial charge in [-0.15, -0.1) is 0 Å². The highest BCUT2D eigenvalue weighted by Crippen LogP contribution is 2.67. The molecule has 1 amide bonds. The number of hydrogen-bond donors (Lipinski definition) is 1. The van der Waals surface area contributed by atoms with Crippen LogP contribution in [0.4, 0.5) is 10.5 Å². The number of fused-ring (bicyclic) bond motifs is 5. The molecule has 0 bridgehead atoms. The van der Waals surface area contributed by atoms with Crippen LogP contribution >= 0.6 is 0 Å². The molecule has 0 aromatic heterocycles. The van der Waals surface area contributed by atoms with Crippen LogP contribution in [0.2, 0.25) is 0 Å². The molecule has 1 aromatic rings. The summed E-state index contributed by atoms with van der Waals surface area (Å²) in [6.45, 7) is 18.9. The van der Waals surface area contributed by atoms with Crippen LogP contribution in [0.1, 0.15) is 132 Å². The molecule has 0 heterocycles. The first-order chi connectivity index (χ1) is 20.3. The van der Waals surface area contributed by atoms with Crippen LogP contribution in [0, 0.1) is 46.3 Å². The van der Waals surface area contributed by atoms with Gasteiger partial charge >= 0.3 is 6.09 Å². The highest BCUT2D eigenvalue weighted by Gasteiger charge is 2.59. The summed E-state index contributed by atoms with van der Waals surface area (Å²) in [6.07, 6.45) is 17.4. The number of nitrogens with one attached hydrogen (secondary N) is 1. The summed E-state index contributed by atoms with van der Waals surface area (Å²) in [5.41, 5.74) is 3.98. The Labute approximate surface area is 263 Å². The molecule has 4 heteroatoms. The van der Waals surface area contributed by atoms with Crippen LogP contribution in [0.5, 0.6) is 0 Å². The Morgan fingerprint density at radius 1 is 0.977 bits per heavy atom. The van der Waals surface area contributed by atoms with E-state index in [1.807, 2.05) is 45.0 Å². The molecule has 4 unspecified atom stereocenters. The van der Waals surface area contributed by atoms with E-state index in [1.54, 1.807) is 5.57 Å². The zero-order valence-electron chi connectivity index (χ0n) is 28.6. The monoisotopic (exact) mass is 591 g/mol. The van der Waals surface area contributed by atoms with Crippen molar-refractivity contribution < 1.29 is 14.3 Å². The number of allylic oxidation sites excluding steroid dienone is 1. The van der Waals surface area contributed by atoms with Crippen molar-refractivity contribution in [3.05, 3.63) is 41.5 Å². The lowest BCUT2D eigenvalue weighted by molar-refractivity contribution is -0.0656. The zero-order valence-corrected chi connectivity index (χ0v) is 28.6. The molecular weight excluding hydrogens is 530 g/mol. The predicted molar refractivity (Wildman–Crippen MR) is 178 cm³/mol. The molecule has 0 radical (unpaired) electrons. The molecule has 4 nitrogen and oxygen atoms in total. The quantitative estimate of drug-likeness (QED) is 0.291. The summed E-state index contributed by atoms with van der Waals surface area (Å²) in [4.78, 5) is 12.1. The first-order valence-electron chi connectivity index (χ1n) is 17.7. The molecule has 0 saturated heterocycles. The molecule has 43 heavy (non-hydrogen) atoms. The van der Waals surface area contributed by atoms with Crippen molar-refractivity contribution in [3.63, 3.8) is 0 Å². The van der Waals surface area contributed by atoms with Gasteiger partial charge in [-0.25, -0.2) is 4.79 Å². The van der Waals surface area contributed by atoms with Crippen molar-refractivity contribution in [2.24, 2.45) is 46.3 Å². The highest BCUT2D eigenvalue weighted by atomic mass is 16.6. The summed E-state index contributed by atoms with van der Waals surface area (Å²) in [6, 6.07) is 7.95. The Kier molecular flexibility index (Phi) is 9.77. The second-order valence-electron chi connectivity index (χ2n) is 16.8. The van der Waals surface area contributed by atoms with Gasteiger partial charge in [-0.2, -0.15) is 0 Å². The Bertz CT molecular complexity index is 1130. The summed E-state index contributed by atoms with van der Waals surface area (Å²) < 4.78 is 11.9. The van der Waals surface area contributed by atoms with Gasteiger partial charge in [0.1, 0.15) is 5.60 Å². The maximum absolute atomic E-state index is 12.1. The molecule has 4 aliphatic carbocycles. The second-order valence-corrected chi connectivity index (χ2v) is 16.8. The van der Waals surface area contributed by atoms with Crippen LogP contribution in [-0.2, 0) is 16.1 Å². The van der Waals surface area contributed by atoms with Gasteiger partial charge in [-0.3, -0.25) is 5.32 Å². The molecule has 3 saturated carbocycles. The van der Waals surface area contributed by atoms with E-state index >= 15 is 0 Å². The number of rotatable bonds is 9. The molecule has 0 aliphatic heterocycles. The first-order valence-corrected chi connectivity index (χ1v) is 17.7. The Morgan fingerprint density at radius 2 is 1.72 bits per heavy atom. The van der Waals surface area contributed by atoms with Crippen LogP contribution < -0.4 is 5.32 Å². The van der Waals surface area contributed by atoms with Crippen molar-refractivity contribution in [2.45, 2.75) is 144 Å². The van der Waals surface area contributed by atoms with Crippen LogP contribution in [-0.4, -0.2) is 17.8 Å². The maximum Gasteiger partial charge on any atom is 0.412 e. The molecule has 8 atom stereocenters. The molecule has 0 spiro atoms. The standard InChI is InChI=1S/C39H61NO3/c1-26(2)10-9-11-27(3)33-18-19-34-32-17-14-29-24-31(20-22-38(29,7)35(32)21-23-39(33,34)8)42-25-28-12-15-30(16-13-28)40-36(41)43-37(4,5)6/h12-16,26-27,31-35H,9-11,17-25H2,1-8H3,(H,40,41)/t27?,31-,32?,33+,34?,35?,38-,39+/m0/s1. The number of carbonyl (C=O) groups is 1. The van der Waals surface area contributed by atoms with Crippen molar-refractivity contribution in [3.8, 4) is 0 Å². The molecule has 240 valence electrons. The van der Waals surface area contributed by atoms with Gasteiger partial charge in [0, 0.05) is 5.69 Å². The average Bonchev–Trinajstić information content (AvgIpc) is 3.28. The number of carbonyl (C=O) groups excluding carboxylic acids is 1. The number of benzene rings is 1. The van der Waals surface area contributed by atoms with Crippen molar-refractivity contribution in [2.75, 3.05) is 5.32 Å². The molecule has 1 N–H and O–H groups in total. The van der Waals surface area contributed by atoms with Gasteiger partial charge in [0.05, 0.1) is 12.7 Å². The number of amides is 1. The second kappa shape index (κ2) is 12.9. The highest BCUT2D eigenvalue weighted by molar-refractivity contribution is 5.84. The van der Waals surface area contributed by atoms with Gasteiger partial charge in [-0.05, 0) is 136 Å². The third-order valence-corrected chi connectivity index (χ3v) is 12.3. The minimum Gasteiger partial charge on any atom is -0.444 e. The molecular formula is C39H61NO3. The SMILES string of the molecule is CC(C)CCCC(C)[C@H]1CCC2C3CC=C4C[C@@H](OCc5ccc(NC(=O)OC(C)(C)C)cc5)CC[C@]4(C)C3CC[C@@]21C. The minimum atomic E-state index is -0.509. The minimum absolute atomic E-state index is 0.298. The predicted octanol–water partition coefficient (Wildman–Crippen LogP) is 11.0. The van der Waals surface area contributed by atoms with Gasteiger partial charge in [-0.1, -0.05) is 77.7 Å². The van der Waals surface area contributed by atoms with E-state index < -0.39 is 11.7 Å². The smallest absolute Gasteiger partial charge is 0.412 e. The lowest BCUT2D eigenvalue weighted by atomic mass is 9.47. The average molecular weight is 592 g/mol. The number of anilines is 1. The van der Waals surface area contributed by atoms with Gasteiger partial charge in [0.2, 0.25) is 0 Å². The third kappa shape index (κ3) is 7.21. The van der Waals surface area contributed by atoms with Crippen LogP contribution in [0.3, 0.4) is 0 Å². The third-order valence-electron chi connectivity index (χ3n) is 12.3. The summed E-state index contributed by atoms with van der Waals surface area (Å²) in [5.74, 6) is 5.29. The summed E-state index contributed by atoms with van der Waals surface area (Å²) in [7, 11) is 0. The Morgan fingerprint density at radius 3 is 2.42 bits per heavy atom. The molecule has 5 rings (SSSR count). The van der Waals surface area contributed by atoms with E-state index in [0.29, 0.717) is 23.5 Å². The van der Waals surface area contributed by atoms with E-state index in [2.05, 4.69) is 46.0 Å². The fourth-order valence-corrected chi connectivity index (χ4v) is 10.1. The number of hydrogen-bond acceptors (Lipinski definition) is 3. The molecule has 3 fully saturated rings. The van der Waals surface area contributed by atoms with Crippen molar-refractivity contribution >= 4 is 11.8 Å². The van der Waals surface area contributed by atoms with E-state index in [0.717, 1.165) is 59.6 Å².